The fourth-order valence-electron chi connectivity index (χ4n) is 3.11. The van der Waals surface area contributed by atoms with Gasteiger partial charge >= 0.3 is 0 Å². The van der Waals surface area contributed by atoms with E-state index in [1.807, 2.05) is 18.2 Å². The number of hydrogen-bond acceptors (Lipinski definition) is 3. The molecule has 2 aromatic carbocycles. The van der Waals surface area contributed by atoms with Crippen LogP contribution in [0.1, 0.15) is 30.0 Å². The lowest BCUT2D eigenvalue weighted by atomic mass is 9.88. The van der Waals surface area contributed by atoms with E-state index in [1.165, 1.54) is 17.5 Å². The Morgan fingerprint density at radius 1 is 1.08 bits per heavy atom. The molecule has 1 atom stereocenters. The average Bonchev–Trinajstić information content (AvgIpc) is 2.61. The monoisotopic (exact) mass is 342 g/mol. The Bertz CT molecular complexity index is 711. The lowest BCUT2D eigenvalue weighted by molar-refractivity contribution is 0.395. The number of hydrogen-bond donors (Lipinski definition) is 2. The molecule has 0 fully saturated rings. The summed E-state index contributed by atoms with van der Waals surface area (Å²) in [6.45, 7) is 0. The van der Waals surface area contributed by atoms with Crippen LogP contribution in [-0.2, 0) is 6.42 Å². The van der Waals surface area contributed by atoms with Gasteiger partial charge in [-0.05, 0) is 42.6 Å². The summed E-state index contributed by atoms with van der Waals surface area (Å²) in [6.07, 6.45) is 3.40. The number of anilines is 1. The van der Waals surface area contributed by atoms with Crippen LogP contribution in [0.4, 0.5) is 5.69 Å². The first-order valence-corrected chi connectivity index (χ1v) is 8.49. The Balaban J connectivity index is 1.71. The van der Waals surface area contributed by atoms with Crippen LogP contribution in [0.3, 0.4) is 0 Å². The number of aryl methyl sites for hydroxylation is 1. The molecule has 126 valence electrons. The fourth-order valence-corrected chi connectivity index (χ4v) is 3.37. The van der Waals surface area contributed by atoms with Gasteiger partial charge in [-0.25, -0.2) is 0 Å². The van der Waals surface area contributed by atoms with Gasteiger partial charge in [0, 0.05) is 23.9 Å². The van der Waals surface area contributed by atoms with E-state index in [0.717, 1.165) is 30.0 Å². The standard InChI is InChI=1S/C19H22N2O2S/c1-22-15-10-14(11-16(12-15)23-2)20-19(24)21-18-9-5-7-13-6-3-4-8-17(13)18/h3-4,6,8,10-12,18H,5,7,9H2,1-2H3,(H2,20,21,24)/t18-/m0/s1. The summed E-state index contributed by atoms with van der Waals surface area (Å²) in [5.74, 6) is 1.45. The number of fused-ring (bicyclic) bond motifs is 1. The van der Waals surface area contributed by atoms with Gasteiger partial charge < -0.3 is 20.1 Å². The Labute approximate surface area is 148 Å². The van der Waals surface area contributed by atoms with Crippen LogP contribution in [0, 0.1) is 0 Å². The van der Waals surface area contributed by atoms with Gasteiger partial charge in [-0.3, -0.25) is 0 Å². The fraction of sp³-hybridized carbons (Fsp3) is 0.316. The van der Waals surface area contributed by atoms with Crippen LogP contribution >= 0.6 is 12.2 Å². The van der Waals surface area contributed by atoms with Gasteiger partial charge in [0.2, 0.25) is 0 Å². The third-order valence-electron chi connectivity index (χ3n) is 4.28. The predicted octanol–water partition coefficient (Wildman–Crippen LogP) is 4.07. The molecule has 0 unspecified atom stereocenters. The van der Waals surface area contributed by atoms with Crippen LogP contribution in [0.2, 0.25) is 0 Å². The van der Waals surface area contributed by atoms with Crippen LogP contribution in [0.15, 0.2) is 42.5 Å². The summed E-state index contributed by atoms with van der Waals surface area (Å²) in [7, 11) is 3.27. The average molecular weight is 342 g/mol. The van der Waals surface area contributed by atoms with Crippen molar-refractivity contribution in [2.75, 3.05) is 19.5 Å². The molecular formula is C19H22N2O2S. The molecule has 4 nitrogen and oxygen atoms in total. The first-order chi connectivity index (χ1) is 11.7. The molecule has 0 heterocycles. The number of ether oxygens (including phenoxy) is 2. The molecule has 5 heteroatoms. The zero-order valence-electron chi connectivity index (χ0n) is 14.0. The van der Waals surface area contributed by atoms with Gasteiger partial charge in [-0.2, -0.15) is 0 Å². The van der Waals surface area contributed by atoms with E-state index in [0.29, 0.717) is 5.11 Å². The van der Waals surface area contributed by atoms with Crippen molar-refractivity contribution in [2.45, 2.75) is 25.3 Å². The molecule has 0 saturated heterocycles. The van der Waals surface area contributed by atoms with Gasteiger partial charge in [-0.15, -0.1) is 0 Å². The third kappa shape index (κ3) is 3.79. The number of methoxy groups -OCH3 is 2. The maximum Gasteiger partial charge on any atom is 0.171 e. The number of rotatable bonds is 4. The molecule has 2 aromatic rings. The number of nitrogens with one attached hydrogen (secondary N) is 2. The van der Waals surface area contributed by atoms with Crippen LogP contribution < -0.4 is 20.1 Å². The molecule has 0 bridgehead atoms. The Kier molecular flexibility index (Phi) is 5.20. The Morgan fingerprint density at radius 2 is 1.79 bits per heavy atom. The molecule has 0 spiro atoms. The Hall–Kier alpha value is -2.27. The quantitative estimate of drug-likeness (QED) is 0.820. The molecule has 0 amide bonds. The molecule has 0 radical (unpaired) electrons. The highest BCUT2D eigenvalue weighted by atomic mass is 32.1. The zero-order valence-corrected chi connectivity index (χ0v) is 14.8. The number of thiocarbonyl (C=S) groups is 1. The predicted molar refractivity (Wildman–Crippen MR) is 101 cm³/mol. The van der Waals surface area contributed by atoms with Crippen molar-refractivity contribution in [2.24, 2.45) is 0 Å². The molecule has 2 N–H and O–H groups in total. The van der Waals surface area contributed by atoms with E-state index in [9.17, 15) is 0 Å². The molecule has 0 aliphatic heterocycles. The maximum absolute atomic E-state index is 5.50. The minimum atomic E-state index is 0.252. The molecule has 1 aliphatic carbocycles. The zero-order chi connectivity index (χ0) is 16.9. The minimum absolute atomic E-state index is 0.252. The smallest absolute Gasteiger partial charge is 0.171 e. The molecule has 0 saturated carbocycles. The van der Waals surface area contributed by atoms with Gasteiger partial charge in [0.15, 0.2) is 5.11 Å². The molecule has 1 aliphatic rings. The van der Waals surface area contributed by atoms with Crippen molar-refractivity contribution < 1.29 is 9.47 Å². The second kappa shape index (κ2) is 7.53. The van der Waals surface area contributed by atoms with E-state index in [2.05, 4.69) is 34.9 Å². The normalized spacial score (nSPS) is 16.0. The van der Waals surface area contributed by atoms with E-state index < -0.39 is 0 Å². The molecule has 3 rings (SSSR count). The van der Waals surface area contributed by atoms with E-state index in [-0.39, 0.29) is 6.04 Å². The topological polar surface area (TPSA) is 42.5 Å². The summed E-state index contributed by atoms with van der Waals surface area (Å²) < 4.78 is 10.6. The lowest BCUT2D eigenvalue weighted by Crippen LogP contribution is -2.34. The molecule has 24 heavy (non-hydrogen) atoms. The summed E-state index contributed by atoms with van der Waals surface area (Å²) in [4.78, 5) is 0. The summed E-state index contributed by atoms with van der Waals surface area (Å²) in [5, 5.41) is 7.27. The van der Waals surface area contributed by atoms with Crippen LogP contribution in [0.25, 0.3) is 0 Å². The van der Waals surface area contributed by atoms with Crippen molar-refractivity contribution in [1.82, 2.24) is 5.32 Å². The SMILES string of the molecule is COc1cc(NC(=S)N[C@H]2CCCc3ccccc32)cc(OC)c1. The molecule has 0 aromatic heterocycles. The minimum Gasteiger partial charge on any atom is -0.497 e. The molecular weight excluding hydrogens is 320 g/mol. The Morgan fingerprint density at radius 3 is 2.50 bits per heavy atom. The van der Waals surface area contributed by atoms with Crippen molar-refractivity contribution in [3.05, 3.63) is 53.6 Å². The van der Waals surface area contributed by atoms with Crippen molar-refractivity contribution in [3.8, 4) is 11.5 Å². The summed E-state index contributed by atoms with van der Waals surface area (Å²) in [6, 6.07) is 14.4. The highest BCUT2D eigenvalue weighted by Gasteiger charge is 2.20. The van der Waals surface area contributed by atoms with E-state index >= 15 is 0 Å². The second-order valence-electron chi connectivity index (χ2n) is 5.84. The highest BCUT2D eigenvalue weighted by molar-refractivity contribution is 7.80. The largest absolute Gasteiger partial charge is 0.497 e. The van der Waals surface area contributed by atoms with Crippen molar-refractivity contribution >= 4 is 23.0 Å². The van der Waals surface area contributed by atoms with Gasteiger partial charge in [0.25, 0.3) is 0 Å². The van der Waals surface area contributed by atoms with Gasteiger partial charge in [0.1, 0.15) is 11.5 Å². The van der Waals surface area contributed by atoms with Crippen LogP contribution in [0.5, 0.6) is 11.5 Å². The highest BCUT2D eigenvalue weighted by Crippen LogP contribution is 2.30. The van der Waals surface area contributed by atoms with Gasteiger partial charge in [0.05, 0.1) is 20.3 Å². The maximum atomic E-state index is 5.50. The van der Waals surface area contributed by atoms with Crippen LogP contribution in [-0.4, -0.2) is 19.3 Å². The first kappa shape index (κ1) is 16.6. The second-order valence-corrected chi connectivity index (χ2v) is 6.25. The summed E-state index contributed by atoms with van der Waals surface area (Å²) >= 11 is 5.50. The lowest BCUT2D eigenvalue weighted by Gasteiger charge is -2.27. The van der Waals surface area contributed by atoms with E-state index in [1.54, 1.807) is 14.2 Å². The third-order valence-corrected chi connectivity index (χ3v) is 4.50. The van der Waals surface area contributed by atoms with Crippen molar-refractivity contribution in [1.29, 1.82) is 0 Å². The number of benzene rings is 2. The van der Waals surface area contributed by atoms with Crippen molar-refractivity contribution in [3.63, 3.8) is 0 Å². The van der Waals surface area contributed by atoms with Gasteiger partial charge in [-0.1, -0.05) is 24.3 Å². The first-order valence-electron chi connectivity index (χ1n) is 8.08. The van der Waals surface area contributed by atoms with E-state index in [4.69, 9.17) is 21.7 Å². The summed E-state index contributed by atoms with van der Waals surface area (Å²) in [5.41, 5.74) is 3.59.